The van der Waals surface area contributed by atoms with Gasteiger partial charge in [-0.3, -0.25) is 9.59 Å². The summed E-state index contributed by atoms with van der Waals surface area (Å²) in [7, 11) is 0. The van der Waals surface area contributed by atoms with Gasteiger partial charge in [0, 0.05) is 19.5 Å². The van der Waals surface area contributed by atoms with E-state index in [9.17, 15) is 9.59 Å². The highest BCUT2D eigenvalue weighted by Gasteiger charge is 2.34. The zero-order valence-corrected chi connectivity index (χ0v) is 12.7. The molecule has 2 heterocycles. The first-order valence-corrected chi connectivity index (χ1v) is 7.86. The highest BCUT2D eigenvalue weighted by Crippen LogP contribution is 2.22. The van der Waals surface area contributed by atoms with E-state index in [2.05, 4.69) is 22.4 Å². The minimum Gasteiger partial charge on any atom is -0.342 e. The third kappa shape index (κ3) is 3.53. The smallest absolute Gasteiger partial charge is 0.231 e. The number of hydrogen-bond donors (Lipinski definition) is 1. The molecule has 2 amide bonds. The first-order chi connectivity index (χ1) is 9.63. The fourth-order valence-electron chi connectivity index (χ4n) is 2.17. The van der Waals surface area contributed by atoms with Crippen molar-refractivity contribution < 1.29 is 9.59 Å². The van der Waals surface area contributed by atoms with Gasteiger partial charge in [0.15, 0.2) is 0 Å². The number of carbonyl (C=O) groups excluding carboxylic acids is 2. The molecule has 6 nitrogen and oxygen atoms in total. The predicted octanol–water partition coefficient (Wildman–Crippen LogP) is 1.69. The predicted molar refractivity (Wildman–Crippen MR) is 77.5 cm³/mol. The van der Waals surface area contributed by atoms with Gasteiger partial charge in [0.1, 0.15) is 5.01 Å². The monoisotopic (exact) mass is 296 g/mol. The highest BCUT2D eigenvalue weighted by atomic mass is 32.1. The lowest BCUT2D eigenvalue weighted by Gasteiger charge is -2.15. The van der Waals surface area contributed by atoms with E-state index in [0.29, 0.717) is 18.1 Å². The standard InChI is InChI=1S/C13H20N4O2S/c1-3-5-6-17-8-9(7-11(17)18)12(19)14-13-16-15-10(4-2)20-13/h9H,3-8H2,1-2H3,(H,14,16,19). The van der Waals surface area contributed by atoms with Crippen LogP contribution in [0.1, 0.15) is 38.1 Å². The number of unbranched alkanes of at least 4 members (excludes halogenated alkanes) is 1. The summed E-state index contributed by atoms with van der Waals surface area (Å²) in [5.41, 5.74) is 0. The molecule has 0 saturated carbocycles. The van der Waals surface area contributed by atoms with Gasteiger partial charge < -0.3 is 10.2 Å². The van der Waals surface area contributed by atoms with Gasteiger partial charge in [-0.15, -0.1) is 10.2 Å². The third-order valence-corrected chi connectivity index (χ3v) is 4.35. The Morgan fingerprint density at radius 2 is 2.25 bits per heavy atom. The third-order valence-electron chi connectivity index (χ3n) is 3.37. The summed E-state index contributed by atoms with van der Waals surface area (Å²) in [6, 6.07) is 0. The molecule has 2 rings (SSSR count). The van der Waals surface area contributed by atoms with Crippen molar-refractivity contribution in [2.45, 2.75) is 39.5 Å². The van der Waals surface area contributed by atoms with E-state index in [1.54, 1.807) is 4.90 Å². The van der Waals surface area contributed by atoms with E-state index in [4.69, 9.17) is 0 Å². The van der Waals surface area contributed by atoms with Crippen molar-refractivity contribution in [2.75, 3.05) is 18.4 Å². The number of aromatic nitrogens is 2. The van der Waals surface area contributed by atoms with Gasteiger partial charge in [0.05, 0.1) is 5.92 Å². The molecule has 110 valence electrons. The largest absolute Gasteiger partial charge is 0.342 e. The van der Waals surface area contributed by atoms with Crippen LogP contribution in [0.3, 0.4) is 0 Å². The fourth-order valence-corrected chi connectivity index (χ4v) is 2.85. The lowest BCUT2D eigenvalue weighted by Crippen LogP contribution is -2.29. The van der Waals surface area contributed by atoms with Gasteiger partial charge in [0.25, 0.3) is 0 Å². The molecule has 1 aliphatic heterocycles. The van der Waals surface area contributed by atoms with Crippen LogP contribution in [-0.4, -0.2) is 40.0 Å². The minimum atomic E-state index is -0.270. The SMILES string of the molecule is CCCCN1CC(C(=O)Nc2nnc(CC)s2)CC1=O. The number of hydrogen-bond acceptors (Lipinski definition) is 5. The van der Waals surface area contributed by atoms with Gasteiger partial charge in [0.2, 0.25) is 16.9 Å². The molecule has 0 spiro atoms. The number of likely N-dealkylation sites (tertiary alicyclic amines) is 1. The molecule has 1 N–H and O–H groups in total. The zero-order chi connectivity index (χ0) is 14.5. The summed E-state index contributed by atoms with van der Waals surface area (Å²) in [4.78, 5) is 25.7. The van der Waals surface area contributed by atoms with Crippen molar-refractivity contribution in [3.8, 4) is 0 Å². The van der Waals surface area contributed by atoms with Crippen LogP contribution in [0.5, 0.6) is 0 Å². The van der Waals surface area contributed by atoms with E-state index >= 15 is 0 Å². The van der Waals surface area contributed by atoms with Crippen molar-refractivity contribution >= 4 is 28.3 Å². The Balaban J connectivity index is 1.88. The Labute approximate surface area is 122 Å². The summed E-state index contributed by atoms with van der Waals surface area (Å²) >= 11 is 1.38. The zero-order valence-electron chi connectivity index (χ0n) is 11.9. The first-order valence-electron chi connectivity index (χ1n) is 7.05. The van der Waals surface area contributed by atoms with Crippen LogP contribution in [0.25, 0.3) is 0 Å². The number of rotatable bonds is 6. The second-order valence-electron chi connectivity index (χ2n) is 4.94. The summed E-state index contributed by atoms with van der Waals surface area (Å²) in [6.07, 6.45) is 3.14. The quantitative estimate of drug-likeness (QED) is 0.866. The van der Waals surface area contributed by atoms with Crippen LogP contribution in [0.15, 0.2) is 0 Å². The Morgan fingerprint density at radius 3 is 2.90 bits per heavy atom. The van der Waals surface area contributed by atoms with Gasteiger partial charge >= 0.3 is 0 Å². The number of nitrogens with zero attached hydrogens (tertiary/aromatic N) is 3. The Bertz CT molecular complexity index is 488. The molecule has 0 radical (unpaired) electrons. The van der Waals surface area contributed by atoms with Gasteiger partial charge in [-0.05, 0) is 12.8 Å². The molecule has 20 heavy (non-hydrogen) atoms. The van der Waals surface area contributed by atoms with Crippen LogP contribution in [0.4, 0.5) is 5.13 Å². The molecule has 1 aromatic rings. The fraction of sp³-hybridized carbons (Fsp3) is 0.692. The molecule has 1 saturated heterocycles. The minimum absolute atomic E-state index is 0.0742. The maximum Gasteiger partial charge on any atom is 0.231 e. The van der Waals surface area contributed by atoms with Crippen LogP contribution in [0, 0.1) is 5.92 Å². The van der Waals surface area contributed by atoms with Crippen molar-refractivity contribution in [3.63, 3.8) is 0 Å². The Morgan fingerprint density at radius 1 is 1.45 bits per heavy atom. The summed E-state index contributed by atoms with van der Waals surface area (Å²) in [5, 5.41) is 12.1. The molecule has 7 heteroatoms. The lowest BCUT2D eigenvalue weighted by atomic mass is 10.1. The molecular weight excluding hydrogens is 276 g/mol. The first kappa shape index (κ1) is 14.9. The van der Waals surface area contributed by atoms with E-state index < -0.39 is 0 Å². The number of anilines is 1. The molecule has 0 bridgehead atoms. The van der Waals surface area contributed by atoms with Crippen LogP contribution in [-0.2, 0) is 16.0 Å². The summed E-state index contributed by atoms with van der Waals surface area (Å²) in [5.74, 6) is -0.324. The molecule has 1 atom stereocenters. The molecule has 1 fully saturated rings. The van der Waals surface area contributed by atoms with Gasteiger partial charge in [-0.1, -0.05) is 31.6 Å². The summed E-state index contributed by atoms with van der Waals surface area (Å²) in [6.45, 7) is 5.35. The highest BCUT2D eigenvalue weighted by molar-refractivity contribution is 7.15. The molecule has 1 aromatic heterocycles. The molecule has 1 aliphatic rings. The van der Waals surface area contributed by atoms with Crippen LogP contribution in [0.2, 0.25) is 0 Å². The molecule has 0 aliphatic carbocycles. The number of nitrogens with one attached hydrogen (secondary N) is 1. The molecule has 1 unspecified atom stereocenters. The van der Waals surface area contributed by atoms with Crippen molar-refractivity contribution in [1.82, 2.24) is 15.1 Å². The van der Waals surface area contributed by atoms with Gasteiger partial charge in [-0.25, -0.2) is 0 Å². The van der Waals surface area contributed by atoms with Crippen molar-refractivity contribution in [1.29, 1.82) is 0 Å². The van der Waals surface area contributed by atoms with Crippen molar-refractivity contribution in [3.05, 3.63) is 5.01 Å². The average Bonchev–Trinajstić information content (AvgIpc) is 3.03. The number of aryl methyl sites for hydroxylation is 1. The second-order valence-corrected chi connectivity index (χ2v) is 6.00. The maximum atomic E-state index is 12.1. The second kappa shape index (κ2) is 6.78. The van der Waals surface area contributed by atoms with Crippen LogP contribution >= 0.6 is 11.3 Å². The summed E-state index contributed by atoms with van der Waals surface area (Å²) < 4.78 is 0. The van der Waals surface area contributed by atoms with Crippen molar-refractivity contribution in [2.24, 2.45) is 5.92 Å². The van der Waals surface area contributed by atoms with E-state index in [0.717, 1.165) is 30.8 Å². The molecule has 0 aromatic carbocycles. The normalized spacial score (nSPS) is 18.6. The van der Waals surface area contributed by atoms with E-state index in [1.165, 1.54) is 11.3 Å². The average molecular weight is 296 g/mol. The topological polar surface area (TPSA) is 75.2 Å². The van der Waals surface area contributed by atoms with E-state index in [-0.39, 0.29) is 17.7 Å². The Kier molecular flexibility index (Phi) is 5.05. The number of carbonyl (C=O) groups is 2. The molecular formula is C13H20N4O2S. The lowest BCUT2D eigenvalue weighted by molar-refractivity contribution is -0.128. The Hall–Kier alpha value is -1.50. The van der Waals surface area contributed by atoms with Gasteiger partial charge in [-0.2, -0.15) is 0 Å². The number of amides is 2. The van der Waals surface area contributed by atoms with Crippen LogP contribution < -0.4 is 5.32 Å². The van der Waals surface area contributed by atoms with E-state index in [1.807, 2.05) is 6.92 Å². The maximum absolute atomic E-state index is 12.1.